The van der Waals surface area contributed by atoms with Crippen LogP contribution in [-0.4, -0.2) is 59.8 Å². The predicted octanol–water partition coefficient (Wildman–Crippen LogP) is 0.338. The number of rotatable bonds is 0. The summed E-state index contributed by atoms with van der Waals surface area (Å²) in [4.78, 5) is 10.7. The number of hydrogen-bond donors (Lipinski definition) is 3. The Hall–Kier alpha value is 0.970. The molecule has 1 N–H and O–H groups in total. The second kappa shape index (κ2) is 11.7. The van der Waals surface area contributed by atoms with E-state index in [0.29, 0.717) is 0 Å². The van der Waals surface area contributed by atoms with E-state index < -0.39 is 6.09 Å². The van der Waals surface area contributed by atoms with Gasteiger partial charge in [0.15, 0.2) is 0 Å². The van der Waals surface area contributed by atoms with Crippen molar-refractivity contribution in [1.82, 2.24) is 4.90 Å². The third-order valence-corrected chi connectivity index (χ3v) is 0.383. The molecular weight excluding hydrogens is 169 g/mol. The molecule has 0 atom stereocenters. The van der Waals surface area contributed by atoms with Gasteiger partial charge in [0.05, 0.1) is 0 Å². The molecule has 0 aromatic carbocycles. The Morgan fingerprint density at radius 1 is 1.44 bits per heavy atom. The van der Waals surface area contributed by atoms with Crippen molar-refractivity contribution in [3.8, 4) is 0 Å². The van der Waals surface area contributed by atoms with Gasteiger partial charge in [-0.2, -0.15) is 0 Å². The van der Waals surface area contributed by atoms with Gasteiger partial charge >= 0.3 is 35.7 Å². The molecule has 0 aromatic rings. The van der Waals surface area contributed by atoms with Gasteiger partial charge in [0.1, 0.15) is 0 Å². The summed E-state index contributed by atoms with van der Waals surface area (Å²) < 4.78 is 0. The Labute approximate surface area is 87.3 Å². The van der Waals surface area contributed by atoms with Crippen molar-refractivity contribution in [3.05, 3.63) is 0 Å². The third kappa shape index (κ3) is 17.6. The summed E-state index contributed by atoms with van der Waals surface area (Å²) >= 11 is 6.44. The first-order chi connectivity index (χ1) is 3.64. The molecule has 0 aliphatic carbocycles. The van der Waals surface area contributed by atoms with E-state index in [1.165, 1.54) is 14.1 Å². The molecule has 1 amide bonds. The van der Waals surface area contributed by atoms with Crippen molar-refractivity contribution < 1.29 is 9.90 Å². The van der Waals surface area contributed by atoms with Crippen LogP contribution < -0.4 is 0 Å². The SMILES string of the molecule is CN(C)C(=O)O.SS.[NaH]. The quantitative estimate of drug-likeness (QED) is 0.285. The number of carboxylic acid groups (broad SMARTS) is 1. The van der Waals surface area contributed by atoms with Gasteiger partial charge in [-0.25, -0.2) is 4.79 Å². The van der Waals surface area contributed by atoms with Crippen molar-refractivity contribution in [2.75, 3.05) is 14.1 Å². The van der Waals surface area contributed by atoms with Crippen LogP contribution in [0.4, 0.5) is 4.79 Å². The molecule has 9 heavy (non-hydrogen) atoms. The molecule has 0 bridgehead atoms. The molecule has 0 saturated heterocycles. The number of hydrogen-bond acceptors (Lipinski definition) is 3. The van der Waals surface area contributed by atoms with Gasteiger partial charge in [0, 0.05) is 14.1 Å². The Kier molecular flexibility index (Phi) is 21.5. The molecule has 0 spiro atoms. The summed E-state index contributed by atoms with van der Waals surface area (Å²) in [6.45, 7) is 0. The van der Waals surface area contributed by atoms with Crippen LogP contribution in [0.2, 0.25) is 0 Å². The van der Waals surface area contributed by atoms with Crippen molar-refractivity contribution in [3.63, 3.8) is 0 Å². The van der Waals surface area contributed by atoms with Crippen LogP contribution >= 0.6 is 23.3 Å². The average Bonchev–Trinajstić information content (AvgIpc) is 1.72. The monoisotopic (exact) mass is 179 g/mol. The van der Waals surface area contributed by atoms with Crippen LogP contribution in [0.15, 0.2) is 0 Å². The van der Waals surface area contributed by atoms with Gasteiger partial charge in [-0.1, -0.05) is 0 Å². The first kappa shape index (κ1) is 16.5. The maximum absolute atomic E-state index is 9.62. The molecule has 0 aliphatic heterocycles. The third-order valence-electron chi connectivity index (χ3n) is 0.383. The summed E-state index contributed by atoms with van der Waals surface area (Å²) in [5, 5.41) is 7.92. The van der Waals surface area contributed by atoms with E-state index in [4.69, 9.17) is 5.11 Å². The van der Waals surface area contributed by atoms with E-state index >= 15 is 0 Å². The minimum atomic E-state index is -0.907. The van der Waals surface area contributed by atoms with Crippen molar-refractivity contribution in [1.29, 1.82) is 0 Å². The van der Waals surface area contributed by atoms with Gasteiger partial charge in [-0.15, -0.1) is 23.3 Å². The average molecular weight is 179 g/mol. The van der Waals surface area contributed by atoms with Crippen LogP contribution in [0.3, 0.4) is 0 Å². The van der Waals surface area contributed by atoms with Crippen molar-refractivity contribution >= 4 is 59.0 Å². The van der Waals surface area contributed by atoms with Crippen LogP contribution in [0.5, 0.6) is 0 Å². The van der Waals surface area contributed by atoms with E-state index in [2.05, 4.69) is 23.3 Å². The number of thiol groups is 2. The second-order valence-electron chi connectivity index (χ2n) is 1.18. The van der Waals surface area contributed by atoms with Gasteiger partial charge in [0.25, 0.3) is 0 Å². The maximum atomic E-state index is 9.62. The summed E-state index contributed by atoms with van der Waals surface area (Å²) in [6.07, 6.45) is -0.907. The number of amides is 1. The van der Waals surface area contributed by atoms with Crippen LogP contribution in [0.25, 0.3) is 0 Å². The Balaban J connectivity index is -0.000000109. The summed E-state index contributed by atoms with van der Waals surface area (Å²) in [5.74, 6) is 0. The van der Waals surface area contributed by atoms with Gasteiger partial charge < -0.3 is 10.0 Å². The zero-order valence-electron chi connectivity index (χ0n) is 4.70. The second-order valence-corrected chi connectivity index (χ2v) is 1.18. The van der Waals surface area contributed by atoms with E-state index in [1.807, 2.05) is 0 Å². The first-order valence-electron chi connectivity index (χ1n) is 1.75. The Morgan fingerprint density at radius 2 is 1.56 bits per heavy atom. The Morgan fingerprint density at radius 3 is 1.56 bits per heavy atom. The fourth-order valence-electron chi connectivity index (χ4n) is 0. The molecule has 0 heterocycles. The topological polar surface area (TPSA) is 40.5 Å². The summed E-state index contributed by atoms with van der Waals surface area (Å²) in [6, 6.07) is 0. The molecular formula is C3H10NNaO2S2. The van der Waals surface area contributed by atoms with Crippen LogP contribution in [0.1, 0.15) is 0 Å². The molecule has 0 aliphatic rings. The summed E-state index contributed by atoms with van der Waals surface area (Å²) in [7, 11) is 2.95. The van der Waals surface area contributed by atoms with E-state index in [0.717, 1.165) is 4.90 Å². The van der Waals surface area contributed by atoms with Gasteiger partial charge in [0.2, 0.25) is 0 Å². The molecule has 0 rings (SSSR count). The van der Waals surface area contributed by atoms with Crippen LogP contribution in [0, 0.1) is 0 Å². The molecule has 0 radical (unpaired) electrons. The zero-order chi connectivity index (χ0) is 7.15. The van der Waals surface area contributed by atoms with Crippen LogP contribution in [-0.2, 0) is 0 Å². The number of nitrogens with zero attached hydrogens (tertiary/aromatic N) is 1. The van der Waals surface area contributed by atoms with Crippen molar-refractivity contribution in [2.24, 2.45) is 0 Å². The molecule has 0 saturated carbocycles. The van der Waals surface area contributed by atoms with Gasteiger partial charge in [-0.05, 0) is 0 Å². The molecule has 52 valence electrons. The molecule has 3 nitrogen and oxygen atoms in total. The molecule has 0 fully saturated rings. The normalized spacial score (nSPS) is 5.78. The Bertz CT molecular complexity index is 70.8. The van der Waals surface area contributed by atoms with Gasteiger partial charge in [-0.3, -0.25) is 0 Å². The molecule has 6 heteroatoms. The molecule has 0 aromatic heterocycles. The fraction of sp³-hybridized carbons (Fsp3) is 0.667. The van der Waals surface area contributed by atoms with E-state index in [9.17, 15) is 4.79 Å². The zero-order valence-corrected chi connectivity index (χ0v) is 6.49. The molecule has 0 unspecified atom stereocenters. The first-order valence-corrected chi connectivity index (χ1v) is 3.35. The number of carbonyl (C=O) groups is 1. The fourth-order valence-corrected chi connectivity index (χ4v) is 0. The summed E-state index contributed by atoms with van der Waals surface area (Å²) in [5.41, 5.74) is 0. The standard InChI is InChI=1S/C3H7NO2.Na.H2S2.H/c1-4(2)3(5)6;;1-2;/h1-2H3,(H,5,6);;1-2H;. The minimum absolute atomic E-state index is 0. The van der Waals surface area contributed by atoms with E-state index in [1.54, 1.807) is 0 Å². The van der Waals surface area contributed by atoms with E-state index in [-0.39, 0.29) is 29.6 Å². The predicted molar refractivity (Wildman–Crippen MR) is 46.8 cm³/mol. The van der Waals surface area contributed by atoms with Crippen molar-refractivity contribution in [2.45, 2.75) is 0 Å².